The lowest BCUT2D eigenvalue weighted by Crippen LogP contribution is -2.46. The van der Waals surface area contributed by atoms with Gasteiger partial charge in [-0.2, -0.15) is 0 Å². The maximum absolute atomic E-state index is 12.5. The first-order valence-corrected chi connectivity index (χ1v) is 12.4. The predicted octanol–water partition coefficient (Wildman–Crippen LogP) is 2.61. The third-order valence-electron chi connectivity index (χ3n) is 5.46. The standard InChI is InChI=1S/C24H38N4O3S/c1-18-7-6-8-20(13-18)26-21(29)14-32-15-22(30)28-11-9-19(10-12-28)23(31)25-16-24(2,3)17-27(4)5/h6-8,13,19H,9-12,14-17H2,1-5H3,(H,25,31)(H,26,29). The van der Waals surface area contributed by atoms with Crippen molar-refractivity contribution in [2.24, 2.45) is 11.3 Å². The molecule has 2 N–H and O–H groups in total. The molecule has 1 aliphatic rings. The predicted molar refractivity (Wildman–Crippen MR) is 132 cm³/mol. The molecule has 1 aliphatic heterocycles. The molecule has 1 aromatic carbocycles. The highest BCUT2D eigenvalue weighted by Gasteiger charge is 2.28. The minimum absolute atomic E-state index is 0.0126. The van der Waals surface area contributed by atoms with Crippen molar-refractivity contribution in [1.29, 1.82) is 0 Å². The van der Waals surface area contributed by atoms with Gasteiger partial charge >= 0.3 is 0 Å². The molecule has 1 saturated heterocycles. The smallest absolute Gasteiger partial charge is 0.234 e. The van der Waals surface area contributed by atoms with E-state index in [-0.39, 0.29) is 40.6 Å². The van der Waals surface area contributed by atoms with Crippen molar-refractivity contribution >= 4 is 35.2 Å². The number of piperidine rings is 1. The number of carbonyl (C=O) groups excluding carboxylic acids is 3. The number of amides is 3. The average molecular weight is 463 g/mol. The first-order chi connectivity index (χ1) is 15.1. The minimum atomic E-state index is -0.110. The van der Waals surface area contributed by atoms with Gasteiger partial charge in [-0.3, -0.25) is 14.4 Å². The summed E-state index contributed by atoms with van der Waals surface area (Å²) in [6, 6.07) is 7.64. The van der Waals surface area contributed by atoms with Crippen LogP contribution in [0, 0.1) is 18.3 Å². The fourth-order valence-electron chi connectivity index (χ4n) is 4.02. The Morgan fingerprint density at radius 3 is 2.47 bits per heavy atom. The number of carbonyl (C=O) groups is 3. The molecule has 1 heterocycles. The summed E-state index contributed by atoms with van der Waals surface area (Å²) in [6.07, 6.45) is 1.37. The van der Waals surface area contributed by atoms with Crippen LogP contribution in [0.3, 0.4) is 0 Å². The van der Waals surface area contributed by atoms with Crippen LogP contribution in [0.15, 0.2) is 24.3 Å². The summed E-state index contributed by atoms with van der Waals surface area (Å²) < 4.78 is 0. The summed E-state index contributed by atoms with van der Waals surface area (Å²) in [6.45, 7) is 9.00. The lowest BCUT2D eigenvalue weighted by Gasteiger charge is -2.33. The Bertz CT molecular complexity index is 789. The van der Waals surface area contributed by atoms with Gasteiger partial charge in [0.05, 0.1) is 11.5 Å². The van der Waals surface area contributed by atoms with Crippen molar-refractivity contribution in [3.63, 3.8) is 0 Å². The summed E-state index contributed by atoms with van der Waals surface area (Å²) >= 11 is 1.32. The molecule has 0 bridgehead atoms. The van der Waals surface area contributed by atoms with Gasteiger partial charge in [0, 0.05) is 37.8 Å². The van der Waals surface area contributed by atoms with E-state index < -0.39 is 0 Å². The number of rotatable bonds is 10. The molecular formula is C24H38N4O3S. The lowest BCUT2D eigenvalue weighted by molar-refractivity contribution is -0.133. The first-order valence-electron chi connectivity index (χ1n) is 11.2. The van der Waals surface area contributed by atoms with Crippen LogP contribution >= 0.6 is 11.8 Å². The van der Waals surface area contributed by atoms with Gasteiger partial charge in [-0.15, -0.1) is 11.8 Å². The molecule has 0 aromatic heterocycles. The lowest BCUT2D eigenvalue weighted by atomic mass is 9.91. The van der Waals surface area contributed by atoms with Gasteiger partial charge in [0.25, 0.3) is 0 Å². The molecule has 178 valence electrons. The van der Waals surface area contributed by atoms with Gasteiger partial charge in [-0.25, -0.2) is 0 Å². The number of likely N-dealkylation sites (tertiary alicyclic amines) is 1. The summed E-state index contributed by atoms with van der Waals surface area (Å²) in [5.74, 6) is 0.483. The Labute approximate surface area is 196 Å². The van der Waals surface area contributed by atoms with E-state index in [0.717, 1.165) is 17.8 Å². The number of anilines is 1. The normalized spacial score (nSPS) is 15.0. The monoisotopic (exact) mass is 462 g/mol. The van der Waals surface area contributed by atoms with Crippen LogP contribution in [-0.4, -0.2) is 79.3 Å². The second-order valence-corrected chi connectivity index (χ2v) is 10.7. The van der Waals surface area contributed by atoms with Gasteiger partial charge in [-0.1, -0.05) is 26.0 Å². The second-order valence-electron chi connectivity index (χ2n) is 9.69. The zero-order valence-corrected chi connectivity index (χ0v) is 20.9. The molecule has 0 radical (unpaired) electrons. The Kier molecular flexibility index (Phi) is 10.0. The quantitative estimate of drug-likeness (QED) is 0.559. The number of benzene rings is 1. The van der Waals surface area contributed by atoms with E-state index in [0.29, 0.717) is 32.5 Å². The molecule has 1 aromatic rings. The molecule has 1 fully saturated rings. The van der Waals surface area contributed by atoms with Gasteiger partial charge < -0.3 is 20.4 Å². The van der Waals surface area contributed by atoms with Crippen LogP contribution in [0.25, 0.3) is 0 Å². The van der Waals surface area contributed by atoms with Crippen LogP contribution < -0.4 is 10.6 Å². The van der Waals surface area contributed by atoms with Gasteiger partial charge in [-0.05, 0) is 57.0 Å². The van der Waals surface area contributed by atoms with Gasteiger partial charge in [0.15, 0.2) is 0 Å². The van der Waals surface area contributed by atoms with Crippen LogP contribution in [0.4, 0.5) is 5.69 Å². The van der Waals surface area contributed by atoms with E-state index in [1.54, 1.807) is 0 Å². The maximum atomic E-state index is 12.5. The first kappa shape index (κ1) is 26.2. The highest BCUT2D eigenvalue weighted by molar-refractivity contribution is 8.00. The highest BCUT2D eigenvalue weighted by Crippen LogP contribution is 2.20. The molecule has 0 saturated carbocycles. The fraction of sp³-hybridized carbons (Fsp3) is 0.625. The van der Waals surface area contributed by atoms with Gasteiger partial charge in [0.1, 0.15) is 0 Å². The molecule has 0 spiro atoms. The van der Waals surface area contributed by atoms with E-state index in [2.05, 4.69) is 29.4 Å². The summed E-state index contributed by atoms with van der Waals surface area (Å²) in [4.78, 5) is 41.1. The molecule has 7 nitrogen and oxygen atoms in total. The van der Waals surface area contributed by atoms with Crippen LogP contribution in [-0.2, 0) is 14.4 Å². The zero-order chi connectivity index (χ0) is 23.7. The number of hydrogen-bond acceptors (Lipinski definition) is 5. The third-order valence-corrected chi connectivity index (χ3v) is 6.38. The average Bonchev–Trinajstić information content (AvgIpc) is 2.71. The topological polar surface area (TPSA) is 81.8 Å². The van der Waals surface area contributed by atoms with Crippen molar-refractivity contribution in [2.75, 3.05) is 57.1 Å². The Morgan fingerprint density at radius 1 is 1.16 bits per heavy atom. The summed E-state index contributed by atoms with van der Waals surface area (Å²) in [5.41, 5.74) is 1.87. The fourth-order valence-corrected chi connectivity index (χ4v) is 4.73. The zero-order valence-electron chi connectivity index (χ0n) is 20.1. The molecule has 3 amide bonds. The van der Waals surface area contributed by atoms with Crippen molar-refractivity contribution in [3.8, 4) is 0 Å². The largest absolute Gasteiger partial charge is 0.355 e. The molecular weight excluding hydrogens is 424 g/mol. The van der Waals surface area contributed by atoms with Crippen molar-refractivity contribution in [2.45, 2.75) is 33.6 Å². The van der Waals surface area contributed by atoms with E-state index in [4.69, 9.17) is 0 Å². The Balaban J connectivity index is 1.65. The van der Waals surface area contributed by atoms with Crippen LogP contribution in [0.2, 0.25) is 0 Å². The molecule has 2 rings (SSSR count). The van der Waals surface area contributed by atoms with Crippen molar-refractivity contribution in [1.82, 2.24) is 15.1 Å². The summed E-state index contributed by atoms with van der Waals surface area (Å²) in [7, 11) is 4.07. The number of hydrogen-bond donors (Lipinski definition) is 2. The molecule has 0 unspecified atom stereocenters. The van der Waals surface area contributed by atoms with Crippen LogP contribution in [0.1, 0.15) is 32.3 Å². The molecule has 0 atom stereocenters. The highest BCUT2D eigenvalue weighted by atomic mass is 32.2. The summed E-state index contributed by atoms with van der Waals surface area (Å²) in [5, 5.41) is 5.95. The Hall–Kier alpha value is -2.06. The van der Waals surface area contributed by atoms with Crippen molar-refractivity contribution < 1.29 is 14.4 Å². The Morgan fingerprint density at radius 2 is 1.84 bits per heavy atom. The van der Waals surface area contributed by atoms with Gasteiger partial charge in [0.2, 0.25) is 17.7 Å². The van der Waals surface area contributed by atoms with E-state index in [1.807, 2.05) is 50.2 Å². The van der Waals surface area contributed by atoms with E-state index >= 15 is 0 Å². The molecule has 8 heteroatoms. The van der Waals surface area contributed by atoms with Crippen molar-refractivity contribution in [3.05, 3.63) is 29.8 Å². The molecule has 32 heavy (non-hydrogen) atoms. The minimum Gasteiger partial charge on any atom is -0.355 e. The van der Waals surface area contributed by atoms with Crippen LogP contribution in [0.5, 0.6) is 0 Å². The van der Waals surface area contributed by atoms with E-state index in [9.17, 15) is 14.4 Å². The number of thioether (sulfide) groups is 1. The second kappa shape index (κ2) is 12.3. The SMILES string of the molecule is Cc1cccc(NC(=O)CSCC(=O)N2CCC(C(=O)NCC(C)(C)CN(C)C)CC2)c1. The molecule has 0 aliphatic carbocycles. The number of nitrogens with zero attached hydrogens (tertiary/aromatic N) is 2. The maximum Gasteiger partial charge on any atom is 0.234 e. The third kappa shape index (κ3) is 9.20. The number of nitrogens with one attached hydrogen (secondary N) is 2. The number of aryl methyl sites for hydroxylation is 1. The van der Waals surface area contributed by atoms with E-state index in [1.165, 1.54) is 11.8 Å².